The Bertz CT molecular complexity index is 245. The van der Waals surface area contributed by atoms with E-state index in [-0.39, 0.29) is 0 Å². The number of rotatable bonds is 2. The van der Waals surface area contributed by atoms with Crippen molar-refractivity contribution in [1.29, 1.82) is 0 Å². The van der Waals surface area contributed by atoms with Crippen LogP contribution in [0.1, 0.15) is 11.1 Å². The Kier molecular flexibility index (Phi) is 3.58. The van der Waals surface area contributed by atoms with Crippen molar-refractivity contribution in [3.05, 3.63) is 32.9 Å². The van der Waals surface area contributed by atoms with Gasteiger partial charge in [-0.05, 0) is 47.1 Å². The first-order valence-corrected chi connectivity index (χ1v) is 5.43. The summed E-state index contributed by atoms with van der Waals surface area (Å²) in [6, 6.07) is 7.50. The molecular formula is C9H10ISi. The van der Waals surface area contributed by atoms with Crippen LogP contribution in [0.4, 0.5) is 0 Å². The van der Waals surface area contributed by atoms with Gasteiger partial charge in [-0.2, -0.15) is 0 Å². The van der Waals surface area contributed by atoms with Crippen LogP contribution >= 0.6 is 22.6 Å². The molecule has 0 nitrogen and oxygen atoms in total. The van der Waals surface area contributed by atoms with Crippen LogP contribution in [0.5, 0.6) is 0 Å². The number of benzene rings is 1. The number of aryl methyl sites for hydroxylation is 2. The maximum Gasteiger partial charge on any atom is 0.0225 e. The van der Waals surface area contributed by atoms with Gasteiger partial charge >= 0.3 is 0 Å². The molecule has 2 heteroatoms. The molecule has 0 N–H and O–H groups in total. The maximum absolute atomic E-state index is 3.49. The van der Waals surface area contributed by atoms with E-state index in [2.05, 4.69) is 58.0 Å². The lowest BCUT2D eigenvalue weighted by atomic mass is 10.1. The first-order valence-electron chi connectivity index (χ1n) is 3.64. The molecular weight excluding hydrogens is 263 g/mol. The summed E-state index contributed by atoms with van der Waals surface area (Å²) in [7, 11) is 3.49. The normalized spacial score (nSPS) is 10.1. The van der Waals surface area contributed by atoms with Gasteiger partial charge < -0.3 is 0 Å². The lowest BCUT2D eigenvalue weighted by Gasteiger charge is -2.04. The van der Waals surface area contributed by atoms with Gasteiger partial charge in [0, 0.05) is 13.8 Å². The van der Waals surface area contributed by atoms with Crippen LogP contribution in [0.15, 0.2) is 18.2 Å². The number of halogens is 1. The Labute approximate surface area is 85.0 Å². The molecule has 0 aliphatic heterocycles. The monoisotopic (exact) mass is 273 g/mol. The Morgan fingerprint density at radius 3 is 2.82 bits per heavy atom. The molecule has 0 bridgehead atoms. The van der Waals surface area contributed by atoms with Crippen molar-refractivity contribution in [2.75, 3.05) is 0 Å². The van der Waals surface area contributed by atoms with Crippen molar-refractivity contribution in [1.82, 2.24) is 0 Å². The summed E-state index contributed by atoms with van der Waals surface area (Å²) in [5, 5.41) is 0. The summed E-state index contributed by atoms with van der Waals surface area (Å²) >= 11 is 2.41. The zero-order valence-corrected chi connectivity index (χ0v) is 9.68. The smallest absolute Gasteiger partial charge is 0.0225 e. The molecule has 3 radical (unpaired) electrons. The minimum Gasteiger partial charge on any atom is -0.0617 e. The molecule has 0 amide bonds. The summed E-state index contributed by atoms with van der Waals surface area (Å²) < 4.78 is 1.41. The summed E-state index contributed by atoms with van der Waals surface area (Å²) in [5.41, 5.74) is 2.82. The third-order valence-electron chi connectivity index (χ3n) is 1.67. The predicted octanol–water partition coefficient (Wildman–Crippen LogP) is 2.73. The van der Waals surface area contributed by atoms with Crippen LogP contribution in [0.3, 0.4) is 0 Å². The molecule has 0 heterocycles. The Morgan fingerprint density at radius 2 is 2.18 bits per heavy atom. The SMILES string of the molecule is Cc1cccc(CC[Si])c1I. The predicted molar refractivity (Wildman–Crippen MR) is 58.2 cm³/mol. The number of hydrogen-bond donors (Lipinski definition) is 0. The molecule has 0 saturated heterocycles. The van der Waals surface area contributed by atoms with Crippen molar-refractivity contribution in [2.45, 2.75) is 19.4 Å². The molecule has 0 fully saturated rings. The highest BCUT2D eigenvalue weighted by Gasteiger charge is 1.99. The Hall–Kier alpha value is 0.167. The zero-order valence-electron chi connectivity index (χ0n) is 6.52. The third kappa shape index (κ3) is 2.30. The van der Waals surface area contributed by atoms with Gasteiger partial charge in [0.15, 0.2) is 0 Å². The van der Waals surface area contributed by atoms with Gasteiger partial charge in [-0.3, -0.25) is 0 Å². The van der Waals surface area contributed by atoms with Gasteiger partial charge in [-0.1, -0.05) is 24.2 Å². The van der Waals surface area contributed by atoms with Crippen LogP contribution in [-0.2, 0) is 6.42 Å². The molecule has 1 rings (SSSR count). The van der Waals surface area contributed by atoms with Gasteiger partial charge in [-0.15, -0.1) is 0 Å². The summed E-state index contributed by atoms with van der Waals surface area (Å²) in [6.45, 7) is 2.15. The van der Waals surface area contributed by atoms with Crippen LogP contribution < -0.4 is 0 Å². The molecule has 0 unspecified atom stereocenters. The highest BCUT2D eigenvalue weighted by molar-refractivity contribution is 14.1. The summed E-state index contributed by atoms with van der Waals surface area (Å²) in [4.78, 5) is 0. The molecule has 1 aromatic rings. The van der Waals surface area contributed by atoms with Crippen molar-refractivity contribution < 1.29 is 0 Å². The van der Waals surface area contributed by atoms with E-state index in [1.165, 1.54) is 14.7 Å². The van der Waals surface area contributed by atoms with E-state index in [1.807, 2.05) is 0 Å². The van der Waals surface area contributed by atoms with E-state index >= 15 is 0 Å². The van der Waals surface area contributed by atoms with Crippen LogP contribution in [-0.4, -0.2) is 10.2 Å². The average Bonchev–Trinajstić information content (AvgIpc) is 1.99. The second-order valence-electron chi connectivity index (χ2n) is 2.55. The Balaban J connectivity index is 2.96. The van der Waals surface area contributed by atoms with Crippen molar-refractivity contribution >= 4 is 32.8 Å². The molecule has 0 aliphatic rings. The lowest BCUT2D eigenvalue weighted by molar-refractivity contribution is 1.11. The summed E-state index contributed by atoms with van der Waals surface area (Å²) in [5.74, 6) is 0. The average molecular weight is 273 g/mol. The van der Waals surface area contributed by atoms with Crippen molar-refractivity contribution in [3.63, 3.8) is 0 Å². The van der Waals surface area contributed by atoms with Gasteiger partial charge in [0.2, 0.25) is 0 Å². The highest BCUT2D eigenvalue weighted by Crippen LogP contribution is 2.17. The van der Waals surface area contributed by atoms with Gasteiger partial charge in [0.25, 0.3) is 0 Å². The Morgan fingerprint density at radius 1 is 1.45 bits per heavy atom. The molecule has 57 valence electrons. The number of hydrogen-bond acceptors (Lipinski definition) is 0. The standard InChI is InChI=1S/C9H10ISi/c1-7-3-2-4-8(5-6-11)9(7)10/h2-4H,5-6H2,1H3. The molecule has 0 aliphatic carbocycles. The minimum atomic E-state index is 1.04. The molecule has 0 saturated carbocycles. The molecule has 1 aromatic carbocycles. The van der Waals surface area contributed by atoms with E-state index < -0.39 is 0 Å². The first kappa shape index (κ1) is 9.26. The van der Waals surface area contributed by atoms with Crippen molar-refractivity contribution in [2.24, 2.45) is 0 Å². The zero-order chi connectivity index (χ0) is 8.27. The topological polar surface area (TPSA) is 0 Å². The van der Waals surface area contributed by atoms with E-state index in [0.29, 0.717) is 0 Å². The quantitative estimate of drug-likeness (QED) is 0.574. The van der Waals surface area contributed by atoms with Crippen LogP contribution in [0, 0.1) is 10.5 Å². The van der Waals surface area contributed by atoms with Gasteiger partial charge in [0.05, 0.1) is 0 Å². The molecule has 11 heavy (non-hydrogen) atoms. The molecule has 0 atom stereocenters. The van der Waals surface area contributed by atoms with E-state index in [0.717, 1.165) is 12.5 Å². The second kappa shape index (κ2) is 4.26. The van der Waals surface area contributed by atoms with E-state index in [4.69, 9.17) is 0 Å². The van der Waals surface area contributed by atoms with Gasteiger partial charge in [-0.25, -0.2) is 0 Å². The van der Waals surface area contributed by atoms with Crippen LogP contribution in [0.25, 0.3) is 0 Å². The minimum absolute atomic E-state index is 1.04. The fourth-order valence-electron chi connectivity index (χ4n) is 1.04. The summed E-state index contributed by atoms with van der Waals surface area (Å²) in [6.07, 6.45) is 1.12. The molecule has 0 aromatic heterocycles. The van der Waals surface area contributed by atoms with Gasteiger partial charge in [0.1, 0.15) is 0 Å². The third-order valence-corrected chi connectivity index (χ3v) is 3.46. The van der Waals surface area contributed by atoms with E-state index in [1.54, 1.807) is 0 Å². The fraction of sp³-hybridized carbons (Fsp3) is 0.333. The van der Waals surface area contributed by atoms with Crippen LogP contribution in [0.2, 0.25) is 6.04 Å². The lowest BCUT2D eigenvalue weighted by Crippen LogP contribution is -1.90. The first-order chi connectivity index (χ1) is 5.25. The van der Waals surface area contributed by atoms with Crippen molar-refractivity contribution in [3.8, 4) is 0 Å². The largest absolute Gasteiger partial charge is 0.0617 e. The van der Waals surface area contributed by atoms with E-state index in [9.17, 15) is 0 Å². The second-order valence-corrected chi connectivity index (χ2v) is 4.13. The highest BCUT2D eigenvalue weighted by atomic mass is 127. The molecule has 0 spiro atoms. The fourth-order valence-corrected chi connectivity index (χ4v) is 1.93. The maximum atomic E-state index is 3.49.